The van der Waals surface area contributed by atoms with Gasteiger partial charge in [0, 0.05) is 19.5 Å². The lowest BCUT2D eigenvalue weighted by atomic mass is 9.88. The first-order chi connectivity index (χ1) is 16.7. The van der Waals surface area contributed by atoms with Crippen molar-refractivity contribution in [2.45, 2.75) is 59.2 Å². The van der Waals surface area contributed by atoms with Gasteiger partial charge in [0.2, 0.25) is 17.7 Å². The summed E-state index contributed by atoms with van der Waals surface area (Å²) < 4.78 is 5.55. The normalized spacial score (nSPS) is 16.7. The summed E-state index contributed by atoms with van der Waals surface area (Å²) in [5.74, 6) is -1.48. The molecule has 5 N–H and O–H groups in total. The van der Waals surface area contributed by atoms with Crippen molar-refractivity contribution < 1.29 is 18.8 Å². The number of nitrogens with two attached hydrogens (primary N) is 2. The van der Waals surface area contributed by atoms with Crippen LogP contribution in [-0.2, 0) is 27.3 Å². The predicted octanol–water partition coefficient (Wildman–Crippen LogP) is 2.60. The fraction of sp³-hybridized carbons (Fsp3) is 0.500. The Kier molecular flexibility index (Phi) is 10.4. The molecule has 36 heavy (non-hydrogen) atoms. The third-order valence-electron chi connectivity index (χ3n) is 6.50. The molecule has 0 fully saturated rings. The van der Waals surface area contributed by atoms with Crippen LogP contribution in [0.4, 0.5) is 11.4 Å². The summed E-state index contributed by atoms with van der Waals surface area (Å²) in [6.07, 6.45) is 2.29. The Morgan fingerprint density at radius 2 is 1.89 bits per heavy atom. The van der Waals surface area contributed by atoms with Crippen molar-refractivity contribution in [2.24, 2.45) is 23.3 Å². The molecule has 3 unspecified atom stereocenters. The highest BCUT2D eigenvalue weighted by Crippen LogP contribution is 2.38. The largest absolute Gasteiger partial charge is 0.467 e. The zero-order valence-corrected chi connectivity index (χ0v) is 22.2. The highest BCUT2D eigenvalue weighted by molar-refractivity contribution is 6.05. The van der Waals surface area contributed by atoms with E-state index in [0.29, 0.717) is 18.6 Å². The molecule has 0 aliphatic carbocycles. The van der Waals surface area contributed by atoms with Gasteiger partial charge in [-0.15, -0.1) is 12.4 Å². The van der Waals surface area contributed by atoms with Crippen LogP contribution in [0.1, 0.15) is 45.4 Å². The lowest BCUT2D eigenvalue weighted by molar-refractivity contribution is -0.133. The molecule has 1 aromatic carbocycles. The van der Waals surface area contributed by atoms with Gasteiger partial charge in [0.15, 0.2) is 0 Å². The second-order valence-electron chi connectivity index (χ2n) is 9.39. The molecule has 0 bridgehead atoms. The molecule has 3 rings (SSSR count). The van der Waals surface area contributed by atoms with Crippen molar-refractivity contribution in [1.82, 2.24) is 5.32 Å². The fourth-order valence-corrected chi connectivity index (χ4v) is 4.71. The molecule has 198 valence electrons. The highest BCUT2D eigenvalue weighted by atomic mass is 35.5. The Balaban J connectivity index is 0.00000456. The fourth-order valence-electron chi connectivity index (χ4n) is 4.71. The molecular weight excluding hydrogens is 482 g/mol. The SMILES string of the molecule is CCN(CC)c1cccc2c1N(Cc1ccco1)C(=O)C(NC(=O)C(CC(C)C)C(N)C(N)=O)C2.Cl. The number of carbonyl (C=O) groups excluding carboxylic acids is 3. The van der Waals surface area contributed by atoms with Gasteiger partial charge < -0.3 is 31.0 Å². The molecular formula is C26H38ClN5O4. The Morgan fingerprint density at radius 3 is 2.44 bits per heavy atom. The first-order valence-corrected chi connectivity index (χ1v) is 12.2. The summed E-state index contributed by atoms with van der Waals surface area (Å²) in [4.78, 5) is 42.7. The minimum absolute atomic E-state index is 0. The summed E-state index contributed by atoms with van der Waals surface area (Å²) >= 11 is 0. The molecule has 1 aliphatic rings. The molecule has 0 saturated heterocycles. The summed E-state index contributed by atoms with van der Waals surface area (Å²) in [7, 11) is 0. The van der Waals surface area contributed by atoms with Crippen molar-refractivity contribution in [3.8, 4) is 0 Å². The average Bonchev–Trinajstić information content (AvgIpc) is 3.33. The Hall–Kier alpha value is -3.04. The van der Waals surface area contributed by atoms with E-state index in [-0.39, 0.29) is 30.8 Å². The zero-order valence-electron chi connectivity index (χ0n) is 21.4. The second-order valence-corrected chi connectivity index (χ2v) is 9.39. The number of hydrogen-bond acceptors (Lipinski definition) is 6. The Morgan fingerprint density at radius 1 is 1.19 bits per heavy atom. The van der Waals surface area contributed by atoms with E-state index in [2.05, 4.69) is 24.1 Å². The van der Waals surface area contributed by atoms with Gasteiger partial charge in [-0.25, -0.2) is 0 Å². The van der Waals surface area contributed by atoms with E-state index in [4.69, 9.17) is 15.9 Å². The van der Waals surface area contributed by atoms with Crippen molar-refractivity contribution in [3.05, 3.63) is 47.9 Å². The van der Waals surface area contributed by atoms with Gasteiger partial charge in [-0.05, 0) is 49.9 Å². The van der Waals surface area contributed by atoms with E-state index in [1.807, 2.05) is 38.1 Å². The molecule has 9 nitrogen and oxygen atoms in total. The number of nitrogens with zero attached hydrogens (tertiary/aromatic N) is 2. The molecule has 0 spiro atoms. The average molecular weight is 520 g/mol. The summed E-state index contributed by atoms with van der Waals surface area (Å²) in [5, 5.41) is 2.87. The predicted molar refractivity (Wildman–Crippen MR) is 143 cm³/mol. The van der Waals surface area contributed by atoms with Crippen LogP contribution in [0.5, 0.6) is 0 Å². The van der Waals surface area contributed by atoms with E-state index >= 15 is 0 Å². The number of fused-ring (bicyclic) bond motifs is 1. The zero-order chi connectivity index (χ0) is 25.7. The Labute approximate surface area is 219 Å². The lowest BCUT2D eigenvalue weighted by Crippen LogP contribution is -2.57. The highest BCUT2D eigenvalue weighted by Gasteiger charge is 2.39. The van der Waals surface area contributed by atoms with Gasteiger partial charge in [0.1, 0.15) is 11.8 Å². The van der Waals surface area contributed by atoms with Crippen molar-refractivity contribution in [3.63, 3.8) is 0 Å². The van der Waals surface area contributed by atoms with E-state index < -0.39 is 29.8 Å². The topological polar surface area (TPSA) is 135 Å². The number of rotatable bonds is 11. The lowest BCUT2D eigenvalue weighted by Gasteiger charge is -2.38. The van der Waals surface area contributed by atoms with Gasteiger partial charge in [0.25, 0.3) is 0 Å². The smallest absolute Gasteiger partial charge is 0.250 e. The van der Waals surface area contributed by atoms with Gasteiger partial charge in [0.05, 0.1) is 36.1 Å². The molecule has 3 amide bonds. The quantitative estimate of drug-likeness (QED) is 0.417. The van der Waals surface area contributed by atoms with Gasteiger partial charge >= 0.3 is 0 Å². The number of hydrogen-bond donors (Lipinski definition) is 3. The maximum Gasteiger partial charge on any atom is 0.250 e. The number of furan rings is 1. The van der Waals surface area contributed by atoms with Crippen molar-refractivity contribution in [1.29, 1.82) is 0 Å². The molecule has 2 aromatic rings. The number of carbonyl (C=O) groups is 3. The molecule has 0 radical (unpaired) electrons. The maximum absolute atomic E-state index is 13.8. The van der Waals surface area contributed by atoms with E-state index in [1.54, 1.807) is 17.2 Å². The maximum atomic E-state index is 13.8. The summed E-state index contributed by atoms with van der Waals surface area (Å²) in [5.41, 5.74) is 14.1. The summed E-state index contributed by atoms with van der Waals surface area (Å²) in [6, 6.07) is 7.63. The van der Waals surface area contributed by atoms with Crippen LogP contribution < -0.4 is 26.6 Å². The first kappa shape index (κ1) is 29.2. The molecule has 0 saturated carbocycles. The number of halogens is 1. The van der Waals surface area contributed by atoms with Crippen LogP contribution in [0.15, 0.2) is 41.0 Å². The monoisotopic (exact) mass is 519 g/mol. The third kappa shape index (κ3) is 6.39. The van der Waals surface area contributed by atoms with Crippen molar-refractivity contribution in [2.75, 3.05) is 22.9 Å². The van der Waals surface area contributed by atoms with Crippen LogP contribution in [-0.4, -0.2) is 42.9 Å². The van der Waals surface area contributed by atoms with Crippen molar-refractivity contribution >= 4 is 41.5 Å². The minimum atomic E-state index is -1.13. The van der Waals surface area contributed by atoms with Gasteiger partial charge in [-0.1, -0.05) is 26.0 Å². The first-order valence-electron chi connectivity index (χ1n) is 12.2. The Bertz CT molecular complexity index is 1040. The van der Waals surface area contributed by atoms with E-state index in [0.717, 1.165) is 30.0 Å². The minimum Gasteiger partial charge on any atom is -0.467 e. The molecule has 1 aliphatic heterocycles. The number of primary amides is 1. The van der Waals surface area contributed by atoms with Crippen LogP contribution in [0.3, 0.4) is 0 Å². The molecule has 3 atom stereocenters. The number of para-hydroxylation sites is 1. The van der Waals surface area contributed by atoms with Crippen LogP contribution in [0.25, 0.3) is 0 Å². The van der Waals surface area contributed by atoms with E-state index in [9.17, 15) is 14.4 Å². The molecule has 2 heterocycles. The van der Waals surface area contributed by atoms with Crippen LogP contribution >= 0.6 is 12.4 Å². The number of nitrogens with one attached hydrogen (secondary N) is 1. The van der Waals surface area contributed by atoms with Crippen LogP contribution in [0.2, 0.25) is 0 Å². The standard InChI is InChI=1S/C26H37N5O4.ClH/c1-5-30(6-2)21-11-7-9-17-14-20(26(34)31(23(17)21)15-18-10-8-12-35-18)29-25(33)19(13-16(3)4)22(27)24(28)32;/h7-12,16,19-20,22H,5-6,13-15,27H2,1-4H3,(H2,28,32)(H,29,33);1H. The molecule has 10 heteroatoms. The number of anilines is 2. The second kappa shape index (κ2) is 12.8. The van der Waals surface area contributed by atoms with E-state index in [1.165, 1.54) is 0 Å². The molecule has 1 aromatic heterocycles. The number of amides is 3. The van der Waals surface area contributed by atoms with Gasteiger partial charge in [-0.2, -0.15) is 0 Å². The van der Waals surface area contributed by atoms with Crippen LogP contribution in [0, 0.1) is 11.8 Å². The number of benzene rings is 1. The summed E-state index contributed by atoms with van der Waals surface area (Å²) in [6.45, 7) is 9.84. The van der Waals surface area contributed by atoms with Gasteiger partial charge in [-0.3, -0.25) is 14.4 Å². The third-order valence-corrected chi connectivity index (χ3v) is 6.50.